The molecule has 0 amide bonds. The molecule has 1 aromatic rings. The van der Waals surface area contributed by atoms with Crippen molar-refractivity contribution in [2.45, 2.75) is 32.8 Å². The molecule has 4 N–H and O–H groups in total. The number of rotatable bonds is 6. The van der Waals surface area contributed by atoms with Gasteiger partial charge in [0.15, 0.2) is 0 Å². The van der Waals surface area contributed by atoms with Gasteiger partial charge >= 0.3 is 0 Å². The lowest BCUT2D eigenvalue weighted by Crippen LogP contribution is -2.27. The number of aliphatic hydroxyl groups is 1. The average molecular weight is 222 g/mol. The maximum absolute atomic E-state index is 9.95. The predicted octanol–water partition coefficient (Wildman–Crippen LogP) is 2.48. The van der Waals surface area contributed by atoms with Crippen LogP contribution in [0, 0.1) is 5.92 Å². The zero-order chi connectivity index (χ0) is 12.0. The highest BCUT2D eigenvalue weighted by molar-refractivity contribution is 5.54. The first-order valence-electron chi connectivity index (χ1n) is 5.94. The molecule has 0 heterocycles. The van der Waals surface area contributed by atoms with E-state index in [4.69, 9.17) is 5.73 Å². The summed E-state index contributed by atoms with van der Waals surface area (Å²) in [5, 5.41) is 13.2. The second kappa shape index (κ2) is 6.38. The summed E-state index contributed by atoms with van der Waals surface area (Å²) in [6.45, 7) is 4.80. The Morgan fingerprint density at radius 2 is 2.00 bits per heavy atom. The van der Waals surface area contributed by atoms with Gasteiger partial charge in [-0.25, -0.2) is 0 Å². The third-order valence-corrected chi connectivity index (χ3v) is 2.99. The Morgan fingerprint density at radius 1 is 1.31 bits per heavy atom. The second-order valence-electron chi connectivity index (χ2n) is 4.15. The molecule has 1 unspecified atom stereocenters. The Labute approximate surface area is 97.7 Å². The van der Waals surface area contributed by atoms with Gasteiger partial charge in [-0.15, -0.1) is 0 Å². The highest BCUT2D eigenvalue weighted by Gasteiger charge is 2.14. The summed E-state index contributed by atoms with van der Waals surface area (Å²) < 4.78 is 0. The van der Waals surface area contributed by atoms with E-state index in [9.17, 15) is 5.11 Å². The van der Waals surface area contributed by atoms with Crippen molar-refractivity contribution in [2.24, 2.45) is 5.92 Å². The molecular formula is C13H22N2O. The van der Waals surface area contributed by atoms with Gasteiger partial charge < -0.3 is 16.2 Å². The summed E-state index contributed by atoms with van der Waals surface area (Å²) in [6.07, 6.45) is 1.73. The van der Waals surface area contributed by atoms with Crippen LogP contribution in [0.1, 0.15) is 26.7 Å². The lowest BCUT2D eigenvalue weighted by molar-refractivity contribution is 0.114. The monoisotopic (exact) mass is 222 g/mol. The summed E-state index contributed by atoms with van der Waals surface area (Å²) in [6, 6.07) is 7.58. The van der Waals surface area contributed by atoms with Crippen molar-refractivity contribution in [3.05, 3.63) is 24.3 Å². The first kappa shape index (κ1) is 12.8. The van der Waals surface area contributed by atoms with Gasteiger partial charge in [0.1, 0.15) is 0 Å². The van der Waals surface area contributed by atoms with Gasteiger partial charge in [-0.1, -0.05) is 32.8 Å². The Kier molecular flexibility index (Phi) is 5.12. The molecule has 0 aliphatic rings. The summed E-state index contributed by atoms with van der Waals surface area (Å²) in [4.78, 5) is 0. The number of anilines is 2. The minimum Gasteiger partial charge on any atom is -0.399 e. The Balaban J connectivity index is 2.45. The Morgan fingerprint density at radius 3 is 2.56 bits per heavy atom. The molecule has 3 nitrogen and oxygen atoms in total. The molecule has 0 spiro atoms. The summed E-state index contributed by atoms with van der Waals surface area (Å²) in [5.74, 6) is 0.369. The van der Waals surface area contributed by atoms with E-state index in [1.165, 1.54) is 0 Å². The van der Waals surface area contributed by atoms with Gasteiger partial charge in [0.25, 0.3) is 0 Å². The Bertz CT molecular complexity index is 311. The highest BCUT2D eigenvalue weighted by atomic mass is 16.3. The minimum atomic E-state index is -0.295. The molecule has 1 aromatic carbocycles. The minimum absolute atomic E-state index is 0.295. The zero-order valence-electron chi connectivity index (χ0n) is 10.1. The van der Waals surface area contributed by atoms with Crippen LogP contribution in [0.25, 0.3) is 0 Å². The normalized spacial score (nSPS) is 12.8. The molecule has 0 radical (unpaired) electrons. The van der Waals surface area contributed by atoms with Crippen molar-refractivity contribution in [3.63, 3.8) is 0 Å². The number of nitrogens with one attached hydrogen (secondary N) is 1. The van der Waals surface area contributed by atoms with Crippen LogP contribution in [-0.2, 0) is 0 Å². The van der Waals surface area contributed by atoms with E-state index in [2.05, 4.69) is 19.2 Å². The van der Waals surface area contributed by atoms with Crippen LogP contribution in [0.2, 0.25) is 0 Å². The molecule has 90 valence electrons. The molecule has 1 rings (SSSR count). The molecule has 0 aliphatic carbocycles. The number of nitrogen functional groups attached to an aromatic ring is 1. The summed E-state index contributed by atoms with van der Waals surface area (Å²) in [5.41, 5.74) is 7.38. The smallest absolute Gasteiger partial charge is 0.0740 e. The topological polar surface area (TPSA) is 58.3 Å². The zero-order valence-corrected chi connectivity index (χ0v) is 10.1. The van der Waals surface area contributed by atoms with E-state index in [0.29, 0.717) is 12.5 Å². The van der Waals surface area contributed by atoms with Crippen LogP contribution >= 0.6 is 0 Å². The van der Waals surface area contributed by atoms with Crippen LogP contribution < -0.4 is 11.1 Å². The van der Waals surface area contributed by atoms with E-state index in [0.717, 1.165) is 24.2 Å². The summed E-state index contributed by atoms with van der Waals surface area (Å²) in [7, 11) is 0. The van der Waals surface area contributed by atoms with Gasteiger partial charge in [-0.2, -0.15) is 0 Å². The molecule has 0 aromatic heterocycles. The third-order valence-electron chi connectivity index (χ3n) is 2.99. The van der Waals surface area contributed by atoms with Crippen LogP contribution in [0.15, 0.2) is 24.3 Å². The van der Waals surface area contributed by atoms with Crippen LogP contribution in [-0.4, -0.2) is 17.8 Å². The van der Waals surface area contributed by atoms with Crippen molar-refractivity contribution in [2.75, 3.05) is 17.6 Å². The van der Waals surface area contributed by atoms with E-state index in [-0.39, 0.29) is 6.10 Å². The standard InChI is InChI=1S/C13H22N2O/c1-3-10(4-2)13(16)9-15-12-7-5-6-11(14)8-12/h5-8,10,13,15-16H,3-4,9,14H2,1-2H3. The van der Waals surface area contributed by atoms with Crippen LogP contribution in [0.5, 0.6) is 0 Å². The van der Waals surface area contributed by atoms with E-state index < -0.39 is 0 Å². The first-order valence-corrected chi connectivity index (χ1v) is 5.94. The van der Waals surface area contributed by atoms with Gasteiger partial charge in [0, 0.05) is 17.9 Å². The fourth-order valence-corrected chi connectivity index (χ4v) is 1.87. The molecule has 1 atom stereocenters. The molecule has 16 heavy (non-hydrogen) atoms. The quantitative estimate of drug-likeness (QED) is 0.648. The average Bonchev–Trinajstić information content (AvgIpc) is 2.28. The van der Waals surface area contributed by atoms with Crippen molar-refractivity contribution < 1.29 is 5.11 Å². The first-order chi connectivity index (χ1) is 7.67. The highest BCUT2D eigenvalue weighted by Crippen LogP contribution is 2.15. The maximum atomic E-state index is 9.95. The molecule has 0 saturated heterocycles. The molecule has 0 aliphatic heterocycles. The summed E-state index contributed by atoms with van der Waals surface area (Å²) >= 11 is 0. The van der Waals surface area contributed by atoms with Gasteiger partial charge in [-0.3, -0.25) is 0 Å². The maximum Gasteiger partial charge on any atom is 0.0740 e. The molecular weight excluding hydrogens is 200 g/mol. The Hall–Kier alpha value is -1.22. The number of aliphatic hydroxyl groups excluding tert-OH is 1. The van der Waals surface area contributed by atoms with E-state index in [1.54, 1.807) is 0 Å². The molecule has 0 bridgehead atoms. The van der Waals surface area contributed by atoms with Gasteiger partial charge in [0.2, 0.25) is 0 Å². The fraction of sp³-hybridized carbons (Fsp3) is 0.538. The predicted molar refractivity (Wildman–Crippen MR) is 69.4 cm³/mol. The van der Waals surface area contributed by atoms with E-state index in [1.807, 2.05) is 24.3 Å². The second-order valence-corrected chi connectivity index (χ2v) is 4.15. The number of benzene rings is 1. The van der Waals surface area contributed by atoms with Crippen molar-refractivity contribution in [3.8, 4) is 0 Å². The molecule has 3 heteroatoms. The van der Waals surface area contributed by atoms with Crippen LogP contribution in [0.3, 0.4) is 0 Å². The largest absolute Gasteiger partial charge is 0.399 e. The third kappa shape index (κ3) is 3.74. The SMILES string of the molecule is CCC(CC)C(O)CNc1cccc(N)c1. The molecule has 0 fully saturated rings. The van der Waals surface area contributed by atoms with Crippen LogP contribution in [0.4, 0.5) is 11.4 Å². The molecule has 0 saturated carbocycles. The van der Waals surface area contributed by atoms with Crippen molar-refractivity contribution in [1.29, 1.82) is 0 Å². The van der Waals surface area contributed by atoms with Crippen molar-refractivity contribution >= 4 is 11.4 Å². The fourth-order valence-electron chi connectivity index (χ4n) is 1.87. The number of nitrogens with two attached hydrogens (primary N) is 1. The lowest BCUT2D eigenvalue weighted by Gasteiger charge is -2.20. The number of hydrogen-bond donors (Lipinski definition) is 3. The van der Waals surface area contributed by atoms with Gasteiger partial charge in [0.05, 0.1) is 6.10 Å². The van der Waals surface area contributed by atoms with E-state index >= 15 is 0 Å². The van der Waals surface area contributed by atoms with Crippen molar-refractivity contribution in [1.82, 2.24) is 0 Å². The number of hydrogen-bond acceptors (Lipinski definition) is 3. The van der Waals surface area contributed by atoms with Gasteiger partial charge in [-0.05, 0) is 24.1 Å². The lowest BCUT2D eigenvalue weighted by atomic mass is 9.96.